The van der Waals surface area contributed by atoms with Crippen molar-refractivity contribution in [1.29, 1.82) is 0 Å². The van der Waals surface area contributed by atoms with Crippen LogP contribution in [0, 0.1) is 5.82 Å². The molecule has 0 unspecified atom stereocenters. The molecule has 0 radical (unpaired) electrons. The van der Waals surface area contributed by atoms with Crippen LogP contribution < -0.4 is 0 Å². The number of hydrogen-bond acceptors (Lipinski definition) is 6. The normalized spacial score (nSPS) is 11.6. The van der Waals surface area contributed by atoms with Gasteiger partial charge in [-0.15, -0.1) is 11.3 Å². The molecule has 3 rings (SSSR count). The summed E-state index contributed by atoms with van der Waals surface area (Å²) in [5.41, 5.74) is 0.550. The lowest BCUT2D eigenvalue weighted by Crippen LogP contribution is -2.26. The number of rotatable bonds is 5. The van der Waals surface area contributed by atoms with Gasteiger partial charge in [-0.1, -0.05) is 23.4 Å². The number of amides is 1. The minimum absolute atomic E-state index is 0.101. The van der Waals surface area contributed by atoms with Crippen LogP contribution in [0.15, 0.2) is 34.2 Å². The third kappa shape index (κ3) is 4.48. The molecule has 0 aliphatic rings. The van der Waals surface area contributed by atoms with Gasteiger partial charge >= 0.3 is 6.18 Å². The number of alkyl halides is 3. The van der Waals surface area contributed by atoms with E-state index in [2.05, 4.69) is 19.6 Å². The summed E-state index contributed by atoms with van der Waals surface area (Å²) in [6.45, 7) is -0.303. The lowest BCUT2D eigenvalue weighted by molar-refractivity contribution is -0.146. The van der Waals surface area contributed by atoms with Gasteiger partial charge in [0.2, 0.25) is 5.89 Å². The monoisotopic (exact) mass is 400 g/mol. The van der Waals surface area contributed by atoms with E-state index in [0.717, 1.165) is 4.90 Å². The molecule has 1 aromatic carbocycles. The first kappa shape index (κ1) is 19.0. The van der Waals surface area contributed by atoms with Crippen LogP contribution in [0.1, 0.15) is 32.8 Å². The first-order valence-electron chi connectivity index (χ1n) is 7.57. The molecule has 2 aromatic heterocycles. The third-order valence-electron chi connectivity index (χ3n) is 3.51. The van der Waals surface area contributed by atoms with Crippen LogP contribution in [-0.4, -0.2) is 33.0 Å². The predicted molar refractivity (Wildman–Crippen MR) is 86.4 cm³/mol. The number of halogens is 4. The molecule has 0 aliphatic heterocycles. The van der Waals surface area contributed by atoms with Crippen LogP contribution in [0.4, 0.5) is 17.6 Å². The minimum atomic E-state index is -4.72. The van der Waals surface area contributed by atoms with E-state index in [4.69, 9.17) is 0 Å². The van der Waals surface area contributed by atoms with Crippen molar-refractivity contribution < 1.29 is 26.9 Å². The molecule has 0 saturated carbocycles. The Balaban J connectivity index is 1.66. The Morgan fingerprint density at radius 2 is 2.00 bits per heavy atom. The van der Waals surface area contributed by atoms with Gasteiger partial charge in [0.1, 0.15) is 18.1 Å². The Labute approximate surface area is 154 Å². The smallest absolute Gasteiger partial charge is 0.337 e. The summed E-state index contributed by atoms with van der Waals surface area (Å²) >= 11 is 1.19. The molecule has 3 aromatic rings. The second-order valence-electron chi connectivity index (χ2n) is 5.57. The zero-order valence-corrected chi connectivity index (χ0v) is 14.6. The van der Waals surface area contributed by atoms with Crippen molar-refractivity contribution in [3.05, 3.63) is 63.4 Å². The zero-order valence-electron chi connectivity index (χ0n) is 13.8. The largest absolute Gasteiger partial charge is 0.455 e. The first-order valence-corrected chi connectivity index (χ1v) is 8.45. The molecule has 2 heterocycles. The van der Waals surface area contributed by atoms with E-state index in [1.54, 1.807) is 18.2 Å². The van der Waals surface area contributed by atoms with Gasteiger partial charge in [0.05, 0.1) is 5.01 Å². The molecule has 0 fully saturated rings. The second kappa shape index (κ2) is 7.43. The first-order chi connectivity index (χ1) is 12.7. The standard InChI is InChI=1S/C16H12F4N4O2S/c1-24(7-12-22-15(23-26-12)16(18,19)20)14(25)11-8-27-13(21-11)6-9-4-2-3-5-10(9)17/h2-5,8H,6-7H2,1H3. The number of carbonyl (C=O) groups excluding carboxylic acids is 1. The fourth-order valence-electron chi connectivity index (χ4n) is 2.20. The summed E-state index contributed by atoms with van der Waals surface area (Å²) in [4.78, 5) is 20.9. The minimum Gasteiger partial charge on any atom is -0.337 e. The number of hydrogen-bond donors (Lipinski definition) is 0. The lowest BCUT2D eigenvalue weighted by atomic mass is 10.1. The Hall–Kier alpha value is -2.82. The maximum Gasteiger partial charge on any atom is 0.455 e. The maximum absolute atomic E-state index is 13.7. The third-order valence-corrected chi connectivity index (χ3v) is 4.36. The van der Waals surface area contributed by atoms with Crippen LogP contribution in [0.25, 0.3) is 0 Å². The topological polar surface area (TPSA) is 72.1 Å². The lowest BCUT2D eigenvalue weighted by Gasteiger charge is -2.12. The highest BCUT2D eigenvalue weighted by Gasteiger charge is 2.37. The van der Waals surface area contributed by atoms with Crippen molar-refractivity contribution in [2.75, 3.05) is 7.05 Å². The highest BCUT2D eigenvalue weighted by Crippen LogP contribution is 2.26. The summed E-state index contributed by atoms with van der Waals surface area (Å²) in [6, 6.07) is 6.23. The highest BCUT2D eigenvalue weighted by molar-refractivity contribution is 7.09. The van der Waals surface area contributed by atoms with Crippen molar-refractivity contribution >= 4 is 17.2 Å². The van der Waals surface area contributed by atoms with Crippen molar-refractivity contribution in [2.24, 2.45) is 0 Å². The Kier molecular flexibility index (Phi) is 5.22. The fourth-order valence-corrected chi connectivity index (χ4v) is 2.99. The molecule has 11 heteroatoms. The fraction of sp³-hybridized carbons (Fsp3) is 0.250. The van der Waals surface area contributed by atoms with E-state index in [9.17, 15) is 22.4 Å². The molecule has 6 nitrogen and oxygen atoms in total. The molecule has 0 spiro atoms. The summed E-state index contributed by atoms with van der Waals surface area (Å²) in [5, 5.41) is 4.87. The average Bonchev–Trinajstić information content (AvgIpc) is 3.25. The van der Waals surface area contributed by atoms with Crippen LogP contribution in [-0.2, 0) is 19.1 Å². The van der Waals surface area contributed by atoms with E-state index in [1.807, 2.05) is 0 Å². The summed E-state index contributed by atoms with van der Waals surface area (Å²) < 4.78 is 55.6. The Morgan fingerprint density at radius 3 is 2.67 bits per heavy atom. The van der Waals surface area contributed by atoms with E-state index in [-0.39, 0.29) is 30.4 Å². The SMILES string of the molecule is CN(Cc1nc(C(F)(F)F)no1)C(=O)c1csc(Cc2ccccc2F)n1. The molecule has 1 amide bonds. The van der Waals surface area contributed by atoms with Crippen molar-refractivity contribution in [3.63, 3.8) is 0 Å². The van der Waals surface area contributed by atoms with Gasteiger partial charge < -0.3 is 9.42 Å². The van der Waals surface area contributed by atoms with E-state index >= 15 is 0 Å². The van der Waals surface area contributed by atoms with Crippen LogP contribution in [0.3, 0.4) is 0 Å². The highest BCUT2D eigenvalue weighted by atomic mass is 32.1. The van der Waals surface area contributed by atoms with Gasteiger partial charge in [-0.25, -0.2) is 9.37 Å². The number of benzene rings is 1. The van der Waals surface area contributed by atoms with Crippen LogP contribution >= 0.6 is 11.3 Å². The number of nitrogens with zero attached hydrogens (tertiary/aromatic N) is 4. The van der Waals surface area contributed by atoms with Gasteiger partial charge in [0, 0.05) is 18.8 Å². The Morgan fingerprint density at radius 1 is 1.26 bits per heavy atom. The summed E-state index contributed by atoms with van der Waals surface area (Å²) in [7, 11) is 1.37. The van der Waals surface area contributed by atoms with Crippen molar-refractivity contribution in [2.45, 2.75) is 19.1 Å². The van der Waals surface area contributed by atoms with E-state index in [1.165, 1.54) is 29.8 Å². The zero-order chi connectivity index (χ0) is 19.6. The number of aromatic nitrogens is 3. The van der Waals surface area contributed by atoms with Gasteiger partial charge in [-0.2, -0.15) is 18.2 Å². The molecule has 142 valence electrons. The number of carbonyl (C=O) groups is 1. The predicted octanol–water partition coefficient (Wildman–Crippen LogP) is 3.55. The van der Waals surface area contributed by atoms with Gasteiger partial charge in [0.15, 0.2) is 0 Å². The summed E-state index contributed by atoms with van der Waals surface area (Å²) in [5.74, 6) is -2.65. The molecule has 27 heavy (non-hydrogen) atoms. The van der Waals surface area contributed by atoms with Gasteiger partial charge in [-0.05, 0) is 11.6 Å². The molecule has 0 aliphatic carbocycles. The molecule has 0 saturated heterocycles. The Bertz CT molecular complexity index is 954. The van der Waals surface area contributed by atoms with Gasteiger partial charge in [-0.3, -0.25) is 4.79 Å². The maximum atomic E-state index is 13.7. The second-order valence-corrected chi connectivity index (χ2v) is 6.51. The van der Waals surface area contributed by atoms with E-state index < -0.39 is 17.9 Å². The number of thiazole rings is 1. The van der Waals surface area contributed by atoms with Crippen molar-refractivity contribution in [3.8, 4) is 0 Å². The average molecular weight is 400 g/mol. The molecule has 0 N–H and O–H groups in total. The quantitative estimate of drug-likeness (QED) is 0.613. The molecular formula is C16H12F4N4O2S. The molecule has 0 atom stereocenters. The van der Waals surface area contributed by atoms with Crippen LogP contribution in [0.5, 0.6) is 0 Å². The molecule has 0 bridgehead atoms. The van der Waals surface area contributed by atoms with Crippen molar-refractivity contribution in [1.82, 2.24) is 20.0 Å². The van der Waals surface area contributed by atoms with Gasteiger partial charge in [0.25, 0.3) is 11.7 Å². The van der Waals surface area contributed by atoms with E-state index in [0.29, 0.717) is 10.6 Å². The molecular weight excluding hydrogens is 388 g/mol. The van der Waals surface area contributed by atoms with Crippen LogP contribution in [0.2, 0.25) is 0 Å². The summed E-state index contributed by atoms with van der Waals surface area (Å²) in [6.07, 6.45) is -4.49.